The second-order valence-corrected chi connectivity index (χ2v) is 5.50. The minimum atomic E-state index is -0.0941. The summed E-state index contributed by atoms with van der Waals surface area (Å²) in [5.74, 6) is 1.68. The van der Waals surface area contributed by atoms with E-state index in [1.54, 1.807) is 26.0 Å². The van der Waals surface area contributed by atoms with E-state index in [1.807, 2.05) is 43.3 Å². The Morgan fingerprint density at radius 2 is 1.50 bits per heavy atom. The molecule has 0 amide bonds. The summed E-state index contributed by atoms with van der Waals surface area (Å²) in [6, 6.07) is 13.8. The maximum Gasteiger partial charge on any atom is 0.132 e. The Bertz CT molecular complexity index is 584. The van der Waals surface area contributed by atoms with Crippen LogP contribution in [0.1, 0.15) is 18.5 Å². The zero-order chi connectivity index (χ0) is 14.5. The molecule has 0 aliphatic rings. The van der Waals surface area contributed by atoms with Crippen LogP contribution in [0.15, 0.2) is 52.3 Å². The van der Waals surface area contributed by atoms with Gasteiger partial charge >= 0.3 is 0 Å². The van der Waals surface area contributed by atoms with E-state index in [1.165, 1.54) is 0 Å². The fourth-order valence-electron chi connectivity index (χ4n) is 2.06. The van der Waals surface area contributed by atoms with Gasteiger partial charge in [0, 0.05) is 16.5 Å². The van der Waals surface area contributed by atoms with Crippen LogP contribution in [-0.2, 0) is 0 Å². The third-order valence-corrected chi connectivity index (χ3v) is 4.12. The van der Waals surface area contributed by atoms with Gasteiger partial charge in [-0.3, -0.25) is 0 Å². The van der Waals surface area contributed by atoms with Gasteiger partial charge in [0.05, 0.1) is 19.1 Å². The first-order chi connectivity index (χ1) is 9.67. The summed E-state index contributed by atoms with van der Waals surface area (Å²) < 4.78 is 10.8. The highest BCUT2D eigenvalue weighted by Crippen LogP contribution is 2.40. The molecule has 0 fully saturated rings. The Kier molecular flexibility index (Phi) is 4.93. The van der Waals surface area contributed by atoms with Gasteiger partial charge in [0.25, 0.3) is 0 Å². The van der Waals surface area contributed by atoms with Crippen molar-refractivity contribution in [3.05, 3.63) is 48.0 Å². The molecule has 20 heavy (non-hydrogen) atoms. The maximum atomic E-state index is 6.09. The summed E-state index contributed by atoms with van der Waals surface area (Å²) in [5.41, 5.74) is 7.11. The van der Waals surface area contributed by atoms with E-state index in [4.69, 9.17) is 15.2 Å². The first kappa shape index (κ1) is 14.8. The molecule has 2 rings (SSSR count). The predicted octanol–water partition coefficient (Wildman–Crippen LogP) is 3.87. The monoisotopic (exact) mass is 289 g/mol. The third kappa shape index (κ3) is 3.08. The lowest BCUT2D eigenvalue weighted by molar-refractivity contribution is 0.403. The van der Waals surface area contributed by atoms with Crippen molar-refractivity contribution in [2.45, 2.75) is 22.8 Å². The number of hydrogen-bond donors (Lipinski definition) is 1. The van der Waals surface area contributed by atoms with Crippen molar-refractivity contribution < 1.29 is 9.47 Å². The largest absolute Gasteiger partial charge is 0.496 e. The van der Waals surface area contributed by atoms with Gasteiger partial charge in [-0.05, 0) is 31.2 Å². The first-order valence-corrected chi connectivity index (χ1v) is 7.22. The minimum Gasteiger partial charge on any atom is -0.496 e. The lowest BCUT2D eigenvalue weighted by Gasteiger charge is -2.17. The second kappa shape index (κ2) is 6.68. The van der Waals surface area contributed by atoms with Crippen LogP contribution in [0.2, 0.25) is 0 Å². The summed E-state index contributed by atoms with van der Waals surface area (Å²) in [4.78, 5) is 2.15. The van der Waals surface area contributed by atoms with Crippen LogP contribution in [0.3, 0.4) is 0 Å². The summed E-state index contributed by atoms with van der Waals surface area (Å²) in [5, 5.41) is 0. The van der Waals surface area contributed by atoms with E-state index in [0.29, 0.717) is 0 Å². The first-order valence-electron chi connectivity index (χ1n) is 6.40. The molecular weight excluding hydrogens is 270 g/mol. The predicted molar refractivity (Wildman–Crippen MR) is 82.7 cm³/mol. The van der Waals surface area contributed by atoms with Crippen molar-refractivity contribution in [2.24, 2.45) is 5.73 Å². The maximum absolute atomic E-state index is 6.09. The number of hydrogen-bond acceptors (Lipinski definition) is 4. The van der Waals surface area contributed by atoms with Crippen LogP contribution >= 0.6 is 11.8 Å². The van der Waals surface area contributed by atoms with Gasteiger partial charge in [-0.25, -0.2) is 0 Å². The quantitative estimate of drug-likeness (QED) is 0.907. The van der Waals surface area contributed by atoms with E-state index in [0.717, 1.165) is 26.9 Å². The van der Waals surface area contributed by atoms with E-state index >= 15 is 0 Å². The van der Waals surface area contributed by atoms with E-state index in [2.05, 4.69) is 6.07 Å². The molecule has 0 aromatic heterocycles. The molecule has 0 spiro atoms. The average molecular weight is 289 g/mol. The summed E-state index contributed by atoms with van der Waals surface area (Å²) in [6.45, 7) is 1.96. The third-order valence-electron chi connectivity index (χ3n) is 2.99. The van der Waals surface area contributed by atoms with E-state index in [-0.39, 0.29) is 6.04 Å². The van der Waals surface area contributed by atoms with Crippen LogP contribution < -0.4 is 15.2 Å². The highest BCUT2D eigenvalue weighted by Gasteiger charge is 2.15. The number of rotatable bonds is 5. The molecule has 0 unspecified atom stereocenters. The molecular formula is C16H19NO2S. The summed E-state index contributed by atoms with van der Waals surface area (Å²) >= 11 is 1.64. The van der Waals surface area contributed by atoms with Gasteiger partial charge < -0.3 is 15.2 Å². The molecule has 0 radical (unpaired) electrons. The van der Waals surface area contributed by atoms with Gasteiger partial charge in [0.2, 0.25) is 0 Å². The van der Waals surface area contributed by atoms with Gasteiger partial charge in [-0.1, -0.05) is 30.0 Å². The zero-order valence-electron chi connectivity index (χ0n) is 11.9. The number of methoxy groups -OCH3 is 2. The van der Waals surface area contributed by atoms with Crippen molar-refractivity contribution >= 4 is 11.8 Å². The molecule has 1 atom stereocenters. The van der Waals surface area contributed by atoms with Crippen LogP contribution in [0.25, 0.3) is 0 Å². The normalized spacial score (nSPS) is 12.0. The topological polar surface area (TPSA) is 44.5 Å². The molecule has 0 saturated heterocycles. The number of nitrogens with two attached hydrogens (primary N) is 1. The molecule has 3 nitrogen and oxygen atoms in total. The van der Waals surface area contributed by atoms with Crippen LogP contribution in [0.4, 0.5) is 0 Å². The summed E-state index contributed by atoms with van der Waals surface area (Å²) in [7, 11) is 3.34. The highest BCUT2D eigenvalue weighted by molar-refractivity contribution is 7.99. The minimum absolute atomic E-state index is 0.0941. The molecule has 0 saturated carbocycles. The van der Waals surface area contributed by atoms with Crippen LogP contribution in [-0.4, -0.2) is 14.2 Å². The molecule has 2 aromatic carbocycles. The molecule has 106 valence electrons. The Balaban J connectivity index is 2.43. The zero-order valence-corrected chi connectivity index (χ0v) is 12.7. The molecule has 2 N–H and O–H groups in total. The van der Waals surface area contributed by atoms with Gasteiger partial charge in [0.1, 0.15) is 11.5 Å². The van der Waals surface area contributed by atoms with E-state index in [9.17, 15) is 0 Å². The number of para-hydroxylation sites is 1. The smallest absolute Gasteiger partial charge is 0.132 e. The van der Waals surface area contributed by atoms with Crippen LogP contribution in [0.5, 0.6) is 11.5 Å². The van der Waals surface area contributed by atoms with Crippen molar-refractivity contribution in [2.75, 3.05) is 14.2 Å². The SMILES string of the molecule is COc1ccccc1Sc1cccc(OC)c1[C@@H](C)N. The van der Waals surface area contributed by atoms with Crippen molar-refractivity contribution in [3.63, 3.8) is 0 Å². The van der Waals surface area contributed by atoms with Gasteiger partial charge in [-0.15, -0.1) is 0 Å². The molecule has 2 aromatic rings. The number of benzene rings is 2. The Morgan fingerprint density at radius 3 is 2.15 bits per heavy atom. The Labute approximate surface area is 124 Å². The molecule has 0 aliphatic carbocycles. The van der Waals surface area contributed by atoms with Gasteiger partial charge in [0.15, 0.2) is 0 Å². The molecule has 0 aliphatic heterocycles. The van der Waals surface area contributed by atoms with Crippen molar-refractivity contribution in [3.8, 4) is 11.5 Å². The molecule has 4 heteroatoms. The summed E-state index contributed by atoms with van der Waals surface area (Å²) in [6.07, 6.45) is 0. The molecule has 0 bridgehead atoms. The molecule has 0 heterocycles. The average Bonchev–Trinajstić information content (AvgIpc) is 2.47. The lowest BCUT2D eigenvalue weighted by Crippen LogP contribution is -2.08. The number of ether oxygens (including phenoxy) is 2. The highest BCUT2D eigenvalue weighted by atomic mass is 32.2. The van der Waals surface area contributed by atoms with Crippen LogP contribution in [0, 0.1) is 0 Å². The Hall–Kier alpha value is -1.65. The standard InChI is InChI=1S/C16H19NO2S/c1-11(17)16-13(19-3)8-6-10-15(16)20-14-9-5-4-7-12(14)18-2/h4-11H,17H2,1-3H3/t11-/m1/s1. The Morgan fingerprint density at radius 1 is 0.900 bits per heavy atom. The fourth-order valence-corrected chi connectivity index (χ4v) is 3.24. The lowest BCUT2D eigenvalue weighted by atomic mass is 10.1. The second-order valence-electron chi connectivity index (χ2n) is 4.41. The fraction of sp³-hybridized carbons (Fsp3) is 0.250. The van der Waals surface area contributed by atoms with Gasteiger partial charge in [-0.2, -0.15) is 0 Å². The van der Waals surface area contributed by atoms with E-state index < -0.39 is 0 Å². The van der Waals surface area contributed by atoms with Crippen molar-refractivity contribution in [1.29, 1.82) is 0 Å². The van der Waals surface area contributed by atoms with Crippen molar-refractivity contribution in [1.82, 2.24) is 0 Å².